The summed E-state index contributed by atoms with van der Waals surface area (Å²) >= 11 is 0. The van der Waals surface area contributed by atoms with E-state index < -0.39 is 0 Å². The zero-order valence-electron chi connectivity index (χ0n) is 10.3. The molecule has 1 unspecified atom stereocenters. The minimum absolute atomic E-state index is 0.281. The van der Waals surface area contributed by atoms with Crippen molar-refractivity contribution in [2.24, 2.45) is 23.0 Å². The van der Waals surface area contributed by atoms with Crippen LogP contribution >= 0.6 is 0 Å². The Bertz CT molecular complexity index is 161. The molecule has 1 nitrogen and oxygen atoms in total. The molecule has 0 heterocycles. The van der Waals surface area contributed by atoms with E-state index in [0.29, 0.717) is 6.04 Å². The molecule has 0 bridgehead atoms. The van der Waals surface area contributed by atoms with E-state index >= 15 is 0 Å². The molecular formula is C13H27N. The van der Waals surface area contributed by atoms with Crippen LogP contribution in [0.2, 0.25) is 0 Å². The highest BCUT2D eigenvalue weighted by Gasteiger charge is 2.26. The Morgan fingerprint density at radius 2 is 1.64 bits per heavy atom. The maximum Gasteiger partial charge on any atom is 0.00902 e. The third-order valence-corrected chi connectivity index (χ3v) is 3.84. The summed E-state index contributed by atoms with van der Waals surface area (Å²) in [5, 5.41) is 0. The second-order valence-corrected chi connectivity index (χ2v) is 6.33. The van der Waals surface area contributed by atoms with Crippen molar-refractivity contribution in [2.45, 2.75) is 65.8 Å². The molecular weight excluding hydrogens is 170 g/mol. The molecule has 1 saturated carbocycles. The van der Waals surface area contributed by atoms with Gasteiger partial charge in [0.1, 0.15) is 0 Å². The summed E-state index contributed by atoms with van der Waals surface area (Å²) in [4.78, 5) is 0. The lowest BCUT2D eigenvalue weighted by atomic mass is 9.75. The van der Waals surface area contributed by atoms with Gasteiger partial charge in [-0.3, -0.25) is 0 Å². The molecule has 1 heteroatoms. The maximum atomic E-state index is 6.22. The van der Waals surface area contributed by atoms with Crippen molar-refractivity contribution in [1.29, 1.82) is 0 Å². The Morgan fingerprint density at radius 3 is 2.07 bits per heavy atom. The van der Waals surface area contributed by atoms with Gasteiger partial charge in [0.25, 0.3) is 0 Å². The highest BCUT2D eigenvalue weighted by Crippen LogP contribution is 2.33. The fraction of sp³-hybridized carbons (Fsp3) is 1.00. The van der Waals surface area contributed by atoms with Crippen molar-refractivity contribution in [2.75, 3.05) is 0 Å². The average Bonchev–Trinajstić information content (AvgIpc) is 2.07. The Kier molecular flexibility index (Phi) is 4.00. The molecule has 1 fully saturated rings. The molecule has 0 aromatic heterocycles. The number of rotatable bonds is 2. The molecule has 0 saturated heterocycles. The molecule has 0 aliphatic heterocycles. The van der Waals surface area contributed by atoms with E-state index in [1.165, 1.54) is 32.1 Å². The van der Waals surface area contributed by atoms with Gasteiger partial charge in [-0.2, -0.15) is 0 Å². The van der Waals surface area contributed by atoms with E-state index in [0.717, 1.165) is 11.8 Å². The summed E-state index contributed by atoms with van der Waals surface area (Å²) in [7, 11) is 0. The molecule has 1 atom stereocenters. The smallest absolute Gasteiger partial charge is 0.00902 e. The Balaban J connectivity index is 2.31. The first-order valence-corrected chi connectivity index (χ1v) is 6.15. The van der Waals surface area contributed by atoms with Gasteiger partial charge in [0.05, 0.1) is 0 Å². The summed E-state index contributed by atoms with van der Waals surface area (Å²) in [6.07, 6.45) is 6.88. The fourth-order valence-electron chi connectivity index (χ4n) is 2.28. The SMILES string of the molecule is CC1CCC(CC(N)C(C)(C)C)CC1. The largest absolute Gasteiger partial charge is 0.327 e. The Hall–Kier alpha value is -0.0400. The number of hydrogen-bond donors (Lipinski definition) is 1. The van der Waals surface area contributed by atoms with Crippen LogP contribution in [-0.2, 0) is 0 Å². The molecule has 1 rings (SSSR count). The van der Waals surface area contributed by atoms with E-state index in [1.54, 1.807) is 0 Å². The van der Waals surface area contributed by atoms with Crippen LogP contribution in [0.25, 0.3) is 0 Å². The Morgan fingerprint density at radius 1 is 1.14 bits per heavy atom. The van der Waals surface area contributed by atoms with Gasteiger partial charge in [0.15, 0.2) is 0 Å². The van der Waals surface area contributed by atoms with E-state index in [-0.39, 0.29) is 5.41 Å². The van der Waals surface area contributed by atoms with Crippen LogP contribution in [0.3, 0.4) is 0 Å². The van der Waals surface area contributed by atoms with Crippen LogP contribution in [0.5, 0.6) is 0 Å². The predicted octanol–water partition coefficient (Wildman–Crippen LogP) is 3.58. The van der Waals surface area contributed by atoms with E-state index in [2.05, 4.69) is 27.7 Å². The van der Waals surface area contributed by atoms with Crippen molar-refractivity contribution in [1.82, 2.24) is 0 Å². The maximum absolute atomic E-state index is 6.22. The molecule has 2 N–H and O–H groups in total. The van der Waals surface area contributed by atoms with Crippen molar-refractivity contribution in [3.8, 4) is 0 Å². The summed E-state index contributed by atoms with van der Waals surface area (Å²) < 4.78 is 0. The first-order chi connectivity index (χ1) is 6.39. The first kappa shape index (κ1) is 12.0. The second kappa shape index (κ2) is 4.65. The molecule has 1 aliphatic carbocycles. The Labute approximate surface area is 89.5 Å². The van der Waals surface area contributed by atoms with E-state index in [1.807, 2.05) is 0 Å². The first-order valence-electron chi connectivity index (χ1n) is 6.15. The van der Waals surface area contributed by atoms with Crippen LogP contribution in [0, 0.1) is 17.3 Å². The zero-order chi connectivity index (χ0) is 10.8. The van der Waals surface area contributed by atoms with Crippen LogP contribution in [0.1, 0.15) is 59.8 Å². The lowest BCUT2D eigenvalue weighted by Gasteiger charge is -2.33. The van der Waals surface area contributed by atoms with Gasteiger partial charge in [0, 0.05) is 6.04 Å². The van der Waals surface area contributed by atoms with E-state index in [4.69, 9.17) is 5.73 Å². The summed E-state index contributed by atoms with van der Waals surface area (Å²) in [5.41, 5.74) is 6.50. The van der Waals surface area contributed by atoms with Gasteiger partial charge >= 0.3 is 0 Å². The quantitative estimate of drug-likeness (QED) is 0.719. The molecule has 14 heavy (non-hydrogen) atoms. The molecule has 0 spiro atoms. The predicted molar refractivity (Wildman–Crippen MR) is 63.2 cm³/mol. The van der Waals surface area contributed by atoms with Crippen molar-refractivity contribution in [3.05, 3.63) is 0 Å². The molecule has 0 amide bonds. The lowest BCUT2D eigenvalue weighted by molar-refractivity contribution is 0.215. The standard InChI is InChI=1S/C13H27N/c1-10-5-7-11(8-6-10)9-12(14)13(2,3)4/h10-12H,5-9,14H2,1-4H3. The summed E-state index contributed by atoms with van der Waals surface area (Å²) in [6, 6.07) is 0.376. The minimum Gasteiger partial charge on any atom is -0.327 e. The average molecular weight is 197 g/mol. The van der Waals surface area contributed by atoms with Crippen LogP contribution in [-0.4, -0.2) is 6.04 Å². The minimum atomic E-state index is 0.281. The summed E-state index contributed by atoms with van der Waals surface area (Å²) in [6.45, 7) is 9.13. The van der Waals surface area contributed by atoms with Gasteiger partial charge in [-0.05, 0) is 23.7 Å². The monoisotopic (exact) mass is 197 g/mol. The summed E-state index contributed by atoms with van der Waals surface area (Å²) in [5.74, 6) is 1.86. The van der Waals surface area contributed by atoms with Gasteiger partial charge in [-0.15, -0.1) is 0 Å². The van der Waals surface area contributed by atoms with Gasteiger partial charge in [-0.1, -0.05) is 53.4 Å². The second-order valence-electron chi connectivity index (χ2n) is 6.33. The molecule has 0 aromatic carbocycles. The molecule has 0 aromatic rings. The fourth-order valence-corrected chi connectivity index (χ4v) is 2.28. The highest BCUT2D eigenvalue weighted by molar-refractivity contribution is 4.81. The molecule has 0 radical (unpaired) electrons. The van der Waals surface area contributed by atoms with Crippen LogP contribution < -0.4 is 5.73 Å². The van der Waals surface area contributed by atoms with Crippen LogP contribution in [0.4, 0.5) is 0 Å². The zero-order valence-corrected chi connectivity index (χ0v) is 10.3. The third kappa shape index (κ3) is 3.61. The van der Waals surface area contributed by atoms with Gasteiger partial charge < -0.3 is 5.73 Å². The third-order valence-electron chi connectivity index (χ3n) is 3.84. The van der Waals surface area contributed by atoms with Crippen molar-refractivity contribution < 1.29 is 0 Å². The van der Waals surface area contributed by atoms with E-state index in [9.17, 15) is 0 Å². The topological polar surface area (TPSA) is 26.0 Å². The van der Waals surface area contributed by atoms with Gasteiger partial charge in [0.2, 0.25) is 0 Å². The van der Waals surface area contributed by atoms with Crippen molar-refractivity contribution in [3.63, 3.8) is 0 Å². The normalized spacial score (nSPS) is 31.5. The molecule has 84 valence electrons. The van der Waals surface area contributed by atoms with Crippen LogP contribution in [0.15, 0.2) is 0 Å². The molecule has 1 aliphatic rings. The highest BCUT2D eigenvalue weighted by atomic mass is 14.7. The number of nitrogens with two attached hydrogens (primary N) is 1. The number of hydrogen-bond acceptors (Lipinski definition) is 1. The van der Waals surface area contributed by atoms with Gasteiger partial charge in [-0.25, -0.2) is 0 Å². The lowest BCUT2D eigenvalue weighted by Crippen LogP contribution is -2.37. The van der Waals surface area contributed by atoms with Crippen molar-refractivity contribution >= 4 is 0 Å².